The van der Waals surface area contributed by atoms with E-state index in [9.17, 15) is 9.59 Å². The van der Waals surface area contributed by atoms with Crippen molar-refractivity contribution in [2.45, 2.75) is 19.4 Å². The van der Waals surface area contributed by atoms with Crippen molar-refractivity contribution in [1.82, 2.24) is 9.88 Å². The Morgan fingerprint density at radius 2 is 2.08 bits per heavy atom. The van der Waals surface area contributed by atoms with Gasteiger partial charge in [-0.05, 0) is 19.1 Å². The Balaban J connectivity index is 1.86. The van der Waals surface area contributed by atoms with Crippen molar-refractivity contribution in [1.29, 1.82) is 0 Å². The Kier molecular flexibility index (Phi) is 4.61. The van der Waals surface area contributed by atoms with Crippen LogP contribution in [0.1, 0.15) is 22.7 Å². The molecular weight excluding hydrogens is 310 g/mol. The number of aromatic nitrogens is 1. The number of nitrogens with two attached hydrogens (primary N) is 1. The first-order chi connectivity index (χ1) is 11.6. The average molecular weight is 329 g/mol. The van der Waals surface area contributed by atoms with Crippen molar-refractivity contribution >= 4 is 11.8 Å². The van der Waals surface area contributed by atoms with E-state index in [1.807, 2.05) is 30.3 Å². The molecule has 0 bridgehead atoms. The number of carbonyl (C=O) groups excluding carboxylic acids is 2. The van der Waals surface area contributed by atoms with E-state index in [0.29, 0.717) is 24.7 Å². The summed E-state index contributed by atoms with van der Waals surface area (Å²) in [5.41, 5.74) is 6.58. The van der Waals surface area contributed by atoms with Gasteiger partial charge in [0.2, 0.25) is 17.6 Å². The lowest BCUT2D eigenvalue weighted by Crippen LogP contribution is -2.50. The third-order valence-corrected chi connectivity index (χ3v) is 3.94. The Labute approximate surface area is 139 Å². The van der Waals surface area contributed by atoms with Gasteiger partial charge < -0.3 is 19.8 Å². The molecule has 1 saturated heterocycles. The summed E-state index contributed by atoms with van der Waals surface area (Å²) in [6.45, 7) is 2.82. The van der Waals surface area contributed by atoms with Crippen LogP contribution in [0.3, 0.4) is 0 Å². The van der Waals surface area contributed by atoms with Gasteiger partial charge in [0.25, 0.3) is 5.91 Å². The molecule has 2 heterocycles. The van der Waals surface area contributed by atoms with E-state index in [2.05, 4.69) is 4.98 Å². The van der Waals surface area contributed by atoms with Crippen molar-refractivity contribution < 1.29 is 18.7 Å². The van der Waals surface area contributed by atoms with Crippen LogP contribution in [0.15, 0.2) is 34.7 Å². The Hall–Kier alpha value is -2.67. The predicted octanol–water partition coefficient (Wildman–Crippen LogP) is 1.37. The maximum atomic E-state index is 12.8. The van der Waals surface area contributed by atoms with Gasteiger partial charge in [-0.15, -0.1) is 0 Å². The normalized spacial score (nSPS) is 17.7. The third kappa shape index (κ3) is 3.30. The first-order valence-electron chi connectivity index (χ1n) is 7.76. The smallest absolute Gasteiger partial charge is 0.292 e. The topological polar surface area (TPSA) is 98.7 Å². The molecule has 0 unspecified atom stereocenters. The molecule has 1 aliphatic heterocycles. The second-order valence-electron chi connectivity index (χ2n) is 5.70. The quantitative estimate of drug-likeness (QED) is 0.913. The highest BCUT2D eigenvalue weighted by atomic mass is 16.5. The third-order valence-electron chi connectivity index (χ3n) is 3.94. The fourth-order valence-electron chi connectivity index (χ4n) is 2.75. The second-order valence-corrected chi connectivity index (χ2v) is 5.70. The summed E-state index contributed by atoms with van der Waals surface area (Å²) < 4.78 is 11.1. The SMILES string of the molecule is Cc1nc(-c2ccccc2)oc1C(=O)N1CCOC[C@@H]1CC(N)=O. The number of rotatable bonds is 4. The van der Waals surface area contributed by atoms with E-state index >= 15 is 0 Å². The number of oxazole rings is 1. The zero-order valence-corrected chi connectivity index (χ0v) is 13.4. The first kappa shape index (κ1) is 16.2. The second kappa shape index (κ2) is 6.84. The summed E-state index contributed by atoms with van der Waals surface area (Å²) in [6, 6.07) is 9.00. The lowest BCUT2D eigenvalue weighted by molar-refractivity contribution is -0.120. The van der Waals surface area contributed by atoms with Crippen LogP contribution < -0.4 is 5.73 Å². The molecule has 0 aliphatic carbocycles. The number of hydrogen-bond donors (Lipinski definition) is 1. The minimum Gasteiger partial charge on any atom is -0.431 e. The van der Waals surface area contributed by atoms with Crippen LogP contribution in [0.4, 0.5) is 0 Å². The fourth-order valence-corrected chi connectivity index (χ4v) is 2.75. The number of hydrogen-bond acceptors (Lipinski definition) is 5. The molecular formula is C17H19N3O4. The van der Waals surface area contributed by atoms with Crippen molar-refractivity contribution in [3.05, 3.63) is 41.8 Å². The highest BCUT2D eigenvalue weighted by Crippen LogP contribution is 2.24. The highest BCUT2D eigenvalue weighted by Gasteiger charge is 2.32. The molecule has 126 valence electrons. The minimum absolute atomic E-state index is 0.0600. The lowest BCUT2D eigenvalue weighted by atomic mass is 10.1. The molecule has 0 spiro atoms. The van der Waals surface area contributed by atoms with Crippen LogP contribution in [-0.2, 0) is 9.53 Å². The Bertz CT molecular complexity index is 742. The van der Waals surface area contributed by atoms with Crippen molar-refractivity contribution in [2.75, 3.05) is 19.8 Å². The molecule has 1 atom stereocenters. The number of morpholine rings is 1. The van der Waals surface area contributed by atoms with Gasteiger partial charge in [0, 0.05) is 18.5 Å². The van der Waals surface area contributed by atoms with Crippen LogP contribution in [0, 0.1) is 6.92 Å². The fraction of sp³-hybridized carbons (Fsp3) is 0.353. The number of aryl methyl sites for hydroxylation is 1. The summed E-state index contributed by atoms with van der Waals surface area (Å²) in [5.74, 6) is -0.180. The van der Waals surface area contributed by atoms with Crippen LogP contribution in [0.5, 0.6) is 0 Å². The van der Waals surface area contributed by atoms with Gasteiger partial charge >= 0.3 is 0 Å². The average Bonchev–Trinajstić information content (AvgIpc) is 2.97. The van der Waals surface area contributed by atoms with Gasteiger partial charge in [0.1, 0.15) is 0 Å². The van der Waals surface area contributed by atoms with Gasteiger partial charge in [0.15, 0.2) is 0 Å². The minimum atomic E-state index is -0.470. The van der Waals surface area contributed by atoms with E-state index in [0.717, 1.165) is 5.56 Å². The van der Waals surface area contributed by atoms with E-state index in [1.165, 1.54) is 0 Å². The number of benzene rings is 1. The molecule has 2 aromatic rings. The molecule has 2 amide bonds. The van der Waals surface area contributed by atoms with Crippen LogP contribution >= 0.6 is 0 Å². The van der Waals surface area contributed by atoms with Crippen molar-refractivity contribution in [3.8, 4) is 11.5 Å². The molecule has 1 aromatic heterocycles. The molecule has 7 nitrogen and oxygen atoms in total. The summed E-state index contributed by atoms with van der Waals surface area (Å²) in [4.78, 5) is 30.0. The number of primary amides is 1. The molecule has 24 heavy (non-hydrogen) atoms. The summed E-state index contributed by atoms with van der Waals surface area (Å²) in [5, 5.41) is 0. The monoisotopic (exact) mass is 329 g/mol. The van der Waals surface area contributed by atoms with Crippen molar-refractivity contribution in [2.24, 2.45) is 5.73 Å². The van der Waals surface area contributed by atoms with Gasteiger partial charge in [0.05, 0.1) is 24.9 Å². The zero-order chi connectivity index (χ0) is 17.1. The Morgan fingerprint density at radius 1 is 1.33 bits per heavy atom. The molecule has 7 heteroatoms. The number of amides is 2. The molecule has 0 radical (unpaired) electrons. The van der Waals surface area contributed by atoms with Crippen LogP contribution in [0.2, 0.25) is 0 Å². The molecule has 1 fully saturated rings. The molecule has 0 saturated carbocycles. The maximum Gasteiger partial charge on any atom is 0.292 e. The van der Waals surface area contributed by atoms with Gasteiger partial charge in [-0.25, -0.2) is 4.98 Å². The summed E-state index contributed by atoms with van der Waals surface area (Å²) in [6.07, 6.45) is 0.0600. The zero-order valence-electron chi connectivity index (χ0n) is 13.4. The standard InChI is InChI=1S/C17H19N3O4/c1-11-15(24-16(19-11)12-5-3-2-4-6-12)17(22)20-7-8-23-10-13(20)9-14(18)21/h2-6,13H,7-10H2,1H3,(H2,18,21)/t13-/m0/s1. The summed E-state index contributed by atoms with van der Waals surface area (Å²) in [7, 11) is 0. The molecule has 1 aliphatic rings. The summed E-state index contributed by atoms with van der Waals surface area (Å²) >= 11 is 0. The predicted molar refractivity (Wildman–Crippen MR) is 86.1 cm³/mol. The van der Waals surface area contributed by atoms with E-state index < -0.39 is 5.91 Å². The molecule has 3 rings (SSSR count). The van der Waals surface area contributed by atoms with Crippen LogP contribution in [0.25, 0.3) is 11.5 Å². The largest absolute Gasteiger partial charge is 0.431 e. The van der Waals surface area contributed by atoms with E-state index in [-0.39, 0.29) is 30.7 Å². The molecule has 1 aromatic carbocycles. The van der Waals surface area contributed by atoms with E-state index in [4.69, 9.17) is 14.9 Å². The molecule has 2 N–H and O–H groups in total. The maximum absolute atomic E-state index is 12.8. The number of carbonyl (C=O) groups is 2. The van der Waals surface area contributed by atoms with Gasteiger partial charge in [-0.2, -0.15) is 0 Å². The number of nitrogens with zero attached hydrogens (tertiary/aromatic N) is 2. The highest BCUT2D eigenvalue weighted by molar-refractivity contribution is 5.93. The Morgan fingerprint density at radius 3 is 2.79 bits per heavy atom. The van der Waals surface area contributed by atoms with Gasteiger partial charge in [-0.1, -0.05) is 18.2 Å². The first-order valence-corrected chi connectivity index (χ1v) is 7.76. The van der Waals surface area contributed by atoms with Crippen LogP contribution in [-0.4, -0.2) is 47.5 Å². The van der Waals surface area contributed by atoms with E-state index in [1.54, 1.807) is 11.8 Å². The lowest BCUT2D eigenvalue weighted by Gasteiger charge is -2.34. The number of ether oxygens (including phenoxy) is 1. The van der Waals surface area contributed by atoms with Crippen molar-refractivity contribution in [3.63, 3.8) is 0 Å². The van der Waals surface area contributed by atoms with Gasteiger partial charge in [-0.3, -0.25) is 9.59 Å².